The molecular formula is C27H33NO4S. The van der Waals surface area contributed by atoms with E-state index in [0.717, 1.165) is 67.0 Å². The van der Waals surface area contributed by atoms with Gasteiger partial charge in [0.2, 0.25) is 0 Å². The molecule has 3 aromatic rings. The lowest BCUT2D eigenvalue weighted by Gasteiger charge is -2.12. The van der Waals surface area contributed by atoms with Crippen LogP contribution in [0.2, 0.25) is 0 Å². The summed E-state index contributed by atoms with van der Waals surface area (Å²) in [5.41, 5.74) is 7.16. The minimum absolute atomic E-state index is 0.0779. The normalized spacial score (nSPS) is 12.1. The number of carboxylic acids is 1. The summed E-state index contributed by atoms with van der Waals surface area (Å²) < 4.78 is 5.58. The van der Waals surface area contributed by atoms with Crippen LogP contribution in [0.1, 0.15) is 75.9 Å². The summed E-state index contributed by atoms with van der Waals surface area (Å²) in [6.07, 6.45) is 8.18. The molecule has 1 heterocycles. The largest absolute Gasteiger partial charge is 0.478 e. The maximum Gasteiger partial charge on any atom is 0.348 e. The number of hydrogen-bond acceptors (Lipinski definition) is 5. The zero-order valence-electron chi connectivity index (χ0n) is 19.2. The number of unbranched alkanes of at least 4 members (excludes halogenated alkanes) is 4. The highest BCUT2D eigenvalue weighted by atomic mass is 32.1. The Hall–Kier alpha value is -2.70. The lowest BCUT2D eigenvalue weighted by molar-refractivity contribution is 0.0325. The average Bonchev–Trinajstić information content (AvgIpc) is 3.27. The number of benzene rings is 2. The highest BCUT2D eigenvalue weighted by Gasteiger charge is 2.14. The predicted octanol–water partition coefficient (Wildman–Crippen LogP) is 6.23. The fraction of sp³-hybridized carbons (Fsp3) is 0.407. The van der Waals surface area contributed by atoms with Crippen molar-refractivity contribution >= 4 is 34.0 Å². The Kier molecular flexibility index (Phi) is 9.46. The molecule has 0 saturated carbocycles. The molecule has 33 heavy (non-hydrogen) atoms. The first kappa shape index (κ1) is 24.9. The van der Waals surface area contributed by atoms with Crippen LogP contribution in [-0.4, -0.2) is 29.7 Å². The van der Waals surface area contributed by atoms with Gasteiger partial charge in [0, 0.05) is 4.88 Å². The Morgan fingerprint density at radius 2 is 1.79 bits per heavy atom. The lowest BCUT2D eigenvalue weighted by atomic mass is 9.99. The van der Waals surface area contributed by atoms with Gasteiger partial charge in [-0.2, -0.15) is 0 Å². The van der Waals surface area contributed by atoms with Crippen LogP contribution in [0.25, 0.3) is 10.8 Å². The van der Waals surface area contributed by atoms with Gasteiger partial charge in [0.1, 0.15) is 4.88 Å². The molecule has 0 fully saturated rings. The van der Waals surface area contributed by atoms with Crippen LogP contribution in [0.5, 0.6) is 0 Å². The van der Waals surface area contributed by atoms with Crippen LogP contribution in [0.3, 0.4) is 0 Å². The molecule has 176 valence electrons. The summed E-state index contributed by atoms with van der Waals surface area (Å²) in [6.45, 7) is 2.54. The van der Waals surface area contributed by atoms with E-state index < -0.39 is 5.97 Å². The number of nitrogens with two attached hydrogens (primary N) is 1. The lowest BCUT2D eigenvalue weighted by Crippen LogP contribution is -2.14. The van der Waals surface area contributed by atoms with Gasteiger partial charge in [-0.15, -0.1) is 11.3 Å². The van der Waals surface area contributed by atoms with Crippen LogP contribution >= 0.6 is 11.3 Å². The standard InChI is InChI=1S/C27H33NO4S/c1-19(32-27(31)25-15-13-22(33-25)16-17-28)8-5-3-2-4-6-9-20-12-14-23-21(18-20)10-7-11-24(23)26(29)30/h7,10-15,18-19H,2-6,8-9,16-17,28H2,1H3,(H,29,30). The Bertz CT molecular complexity index is 1070. The van der Waals surface area contributed by atoms with E-state index in [1.54, 1.807) is 12.1 Å². The van der Waals surface area contributed by atoms with Gasteiger partial charge in [-0.05, 0) is 80.1 Å². The molecule has 0 bridgehead atoms. The van der Waals surface area contributed by atoms with Crippen LogP contribution < -0.4 is 5.73 Å². The number of ether oxygens (including phenoxy) is 1. The fourth-order valence-corrected chi connectivity index (χ4v) is 4.94. The zero-order valence-corrected chi connectivity index (χ0v) is 20.0. The topological polar surface area (TPSA) is 89.6 Å². The third-order valence-corrected chi connectivity index (χ3v) is 6.94. The molecule has 0 aliphatic heterocycles. The molecule has 0 radical (unpaired) electrons. The first-order chi connectivity index (χ1) is 16.0. The number of carbonyl (C=O) groups is 2. The van der Waals surface area contributed by atoms with Gasteiger partial charge in [0.15, 0.2) is 0 Å². The van der Waals surface area contributed by atoms with E-state index in [1.807, 2.05) is 37.3 Å². The minimum atomic E-state index is -0.888. The van der Waals surface area contributed by atoms with E-state index in [0.29, 0.717) is 17.0 Å². The van der Waals surface area contributed by atoms with Crippen LogP contribution in [0.15, 0.2) is 48.5 Å². The molecular weight excluding hydrogens is 434 g/mol. The molecule has 1 atom stereocenters. The number of carboxylic acid groups (broad SMARTS) is 1. The molecule has 0 amide bonds. The van der Waals surface area contributed by atoms with Crippen molar-refractivity contribution in [1.82, 2.24) is 0 Å². The van der Waals surface area contributed by atoms with Gasteiger partial charge in [0.05, 0.1) is 11.7 Å². The summed E-state index contributed by atoms with van der Waals surface area (Å²) >= 11 is 1.46. The molecule has 0 aliphatic rings. The van der Waals surface area contributed by atoms with Crippen molar-refractivity contribution in [3.05, 3.63) is 69.4 Å². The van der Waals surface area contributed by atoms with Gasteiger partial charge in [-0.1, -0.05) is 49.6 Å². The summed E-state index contributed by atoms with van der Waals surface area (Å²) in [7, 11) is 0. The van der Waals surface area contributed by atoms with Crippen molar-refractivity contribution in [2.45, 2.75) is 64.4 Å². The third-order valence-electron chi connectivity index (χ3n) is 5.81. The molecule has 1 unspecified atom stereocenters. The number of hydrogen-bond donors (Lipinski definition) is 2. The second kappa shape index (κ2) is 12.5. The molecule has 3 rings (SSSR count). The Labute approximate surface area is 199 Å². The van der Waals surface area contributed by atoms with E-state index in [2.05, 4.69) is 6.07 Å². The average molecular weight is 468 g/mol. The maximum atomic E-state index is 12.2. The number of aromatic carboxylic acids is 1. The monoisotopic (exact) mass is 467 g/mol. The van der Waals surface area contributed by atoms with Crippen molar-refractivity contribution in [2.24, 2.45) is 5.73 Å². The van der Waals surface area contributed by atoms with Crippen molar-refractivity contribution in [2.75, 3.05) is 6.54 Å². The molecule has 1 aromatic heterocycles. The number of thiophene rings is 1. The Morgan fingerprint density at radius 3 is 2.58 bits per heavy atom. The summed E-state index contributed by atoms with van der Waals surface area (Å²) in [6, 6.07) is 15.3. The third kappa shape index (κ3) is 7.41. The highest BCUT2D eigenvalue weighted by molar-refractivity contribution is 7.13. The smallest absolute Gasteiger partial charge is 0.348 e. The molecule has 3 N–H and O–H groups in total. The van der Waals surface area contributed by atoms with Crippen molar-refractivity contribution in [1.29, 1.82) is 0 Å². The Morgan fingerprint density at radius 1 is 1.00 bits per heavy atom. The van der Waals surface area contributed by atoms with Crippen LogP contribution in [0.4, 0.5) is 0 Å². The second-order valence-corrected chi connectivity index (χ2v) is 9.66. The molecule has 0 spiro atoms. The van der Waals surface area contributed by atoms with Gasteiger partial charge in [-0.25, -0.2) is 9.59 Å². The number of carbonyl (C=O) groups excluding carboxylic acids is 1. The second-order valence-electron chi connectivity index (χ2n) is 8.49. The molecule has 0 aliphatic carbocycles. The van der Waals surface area contributed by atoms with E-state index in [9.17, 15) is 14.7 Å². The zero-order chi connectivity index (χ0) is 23.6. The van der Waals surface area contributed by atoms with Crippen LogP contribution in [-0.2, 0) is 17.6 Å². The van der Waals surface area contributed by atoms with E-state index >= 15 is 0 Å². The van der Waals surface area contributed by atoms with Gasteiger partial charge < -0.3 is 15.6 Å². The van der Waals surface area contributed by atoms with E-state index in [1.165, 1.54) is 16.9 Å². The first-order valence-corrected chi connectivity index (χ1v) is 12.5. The summed E-state index contributed by atoms with van der Waals surface area (Å²) in [4.78, 5) is 25.4. The first-order valence-electron chi connectivity index (χ1n) is 11.7. The van der Waals surface area contributed by atoms with Crippen molar-refractivity contribution < 1.29 is 19.4 Å². The van der Waals surface area contributed by atoms with E-state index in [4.69, 9.17) is 10.5 Å². The number of fused-ring (bicyclic) bond motifs is 1. The number of aryl methyl sites for hydroxylation is 1. The quantitative estimate of drug-likeness (QED) is 0.230. The predicted molar refractivity (Wildman–Crippen MR) is 134 cm³/mol. The van der Waals surface area contributed by atoms with Gasteiger partial charge >= 0.3 is 11.9 Å². The minimum Gasteiger partial charge on any atom is -0.478 e. The van der Waals surface area contributed by atoms with Crippen LogP contribution in [0, 0.1) is 0 Å². The van der Waals surface area contributed by atoms with E-state index in [-0.39, 0.29) is 12.1 Å². The van der Waals surface area contributed by atoms with Gasteiger partial charge in [-0.3, -0.25) is 0 Å². The molecule has 5 nitrogen and oxygen atoms in total. The number of rotatable bonds is 13. The van der Waals surface area contributed by atoms with Crippen molar-refractivity contribution in [3.63, 3.8) is 0 Å². The Balaban J connectivity index is 1.31. The molecule has 2 aromatic carbocycles. The molecule has 6 heteroatoms. The summed E-state index contributed by atoms with van der Waals surface area (Å²) in [5.74, 6) is -1.12. The molecule has 0 saturated heterocycles. The fourth-order valence-electron chi connectivity index (χ4n) is 4.03. The van der Waals surface area contributed by atoms with Crippen molar-refractivity contribution in [3.8, 4) is 0 Å². The number of esters is 1. The SMILES string of the molecule is CC(CCCCCCCc1ccc2c(C(=O)O)cccc2c1)OC(=O)c1ccc(CCN)s1. The van der Waals surface area contributed by atoms with Gasteiger partial charge in [0.25, 0.3) is 0 Å². The highest BCUT2D eigenvalue weighted by Crippen LogP contribution is 2.22. The maximum absolute atomic E-state index is 12.2. The summed E-state index contributed by atoms with van der Waals surface area (Å²) in [5, 5.41) is 11.1.